The largest absolute Gasteiger partial charge is 0.488 e. The molecular formula is C15H11F3O3. The second-order valence-electron chi connectivity index (χ2n) is 4.29. The Hall–Kier alpha value is -2.50. The number of halogens is 3. The molecule has 2 aromatic carbocycles. The summed E-state index contributed by atoms with van der Waals surface area (Å²) >= 11 is 0. The lowest BCUT2D eigenvalue weighted by atomic mass is 10.1. The molecule has 0 bridgehead atoms. The van der Waals surface area contributed by atoms with Gasteiger partial charge in [-0.3, -0.25) is 0 Å². The van der Waals surface area contributed by atoms with Crippen LogP contribution in [0.1, 0.15) is 21.5 Å². The first kappa shape index (κ1) is 14.9. The van der Waals surface area contributed by atoms with Gasteiger partial charge in [0.05, 0.1) is 11.1 Å². The van der Waals surface area contributed by atoms with Gasteiger partial charge in [0.15, 0.2) is 0 Å². The Kier molecular flexibility index (Phi) is 4.16. The topological polar surface area (TPSA) is 46.5 Å². The van der Waals surface area contributed by atoms with Crippen molar-refractivity contribution in [3.63, 3.8) is 0 Å². The number of hydrogen-bond acceptors (Lipinski definition) is 2. The van der Waals surface area contributed by atoms with Crippen LogP contribution in [0.25, 0.3) is 0 Å². The predicted molar refractivity (Wildman–Crippen MR) is 69.2 cm³/mol. The zero-order valence-electron chi connectivity index (χ0n) is 10.7. The molecule has 2 rings (SSSR count). The monoisotopic (exact) mass is 296 g/mol. The molecule has 0 aliphatic heterocycles. The minimum absolute atomic E-state index is 0.0557. The van der Waals surface area contributed by atoms with Crippen molar-refractivity contribution in [1.82, 2.24) is 0 Å². The summed E-state index contributed by atoms with van der Waals surface area (Å²) in [7, 11) is 0. The molecule has 0 unspecified atom stereocenters. The summed E-state index contributed by atoms with van der Waals surface area (Å²) in [4.78, 5) is 10.8. The molecule has 0 saturated carbocycles. The Balaban J connectivity index is 2.17. The summed E-state index contributed by atoms with van der Waals surface area (Å²) < 4.78 is 43.5. The van der Waals surface area contributed by atoms with Crippen LogP contribution in [-0.4, -0.2) is 11.1 Å². The molecule has 0 radical (unpaired) electrons. The second-order valence-corrected chi connectivity index (χ2v) is 4.29. The van der Waals surface area contributed by atoms with E-state index in [9.17, 15) is 18.0 Å². The van der Waals surface area contributed by atoms with E-state index in [1.807, 2.05) is 0 Å². The highest BCUT2D eigenvalue weighted by Gasteiger charge is 2.33. The first-order valence-electron chi connectivity index (χ1n) is 5.99. The van der Waals surface area contributed by atoms with Crippen molar-refractivity contribution in [1.29, 1.82) is 0 Å². The number of alkyl halides is 3. The second kappa shape index (κ2) is 5.87. The number of carboxylic acid groups (broad SMARTS) is 1. The Morgan fingerprint density at radius 1 is 1.10 bits per heavy atom. The smallest absolute Gasteiger partial charge is 0.419 e. The van der Waals surface area contributed by atoms with E-state index >= 15 is 0 Å². The molecule has 0 saturated heterocycles. The standard InChI is InChI=1S/C15H11F3O3/c16-15(17,18)12-6-1-2-7-13(12)21-9-10-4-3-5-11(8-10)14(19)20/h1-8H,9H2,(H,19,20). The quantitative estimate of drug-likeness (QED) is 0.928. The summed E-state index contributed by atoms with van der Waals surface area (Å²) in [6, 6.07) is 10.7. The van der Waals surface area contributed by atoms with Gasteiger partial charge in [-0.15, -0.1) is 0 Å². The van der Waals surface area contributed by atoms with Gasteiger partial charge in [-0.05, 0) is 29.8 Å². The van der Waals surface area contributed by atoms with E-state index in [2.05, 4.69) is 0 Å². The molecule has 0 spiro atoms. The van der Waals surface area contributed by atoms with Crippen LogP contribution in [-0.2, 0) is 12.8 Å². The summed E-state index contributed by atoms with van der Waals surface area (Å²) in [6.45, 7) is -0.145. The molecule has 110 valence electrons. The predicted octanol–water partition coefficient (Wildman–Crippen LogP) is 3.98. The molecule has 0 fully saturated rings. The van der Waals surface area contributed by atoms with Crippen LogP contribution in [0, 0.1) is 0 Å². The van der Waals surface area contributed by atoms with Crippen LogP contribution in [0.2, 0.25) is 0 Å². The fourth-order valence-corrected chi connectivity index (χ4v) is 1.78. The number of benzene rings is 2. The molecule has 0 aromatic heterocycles. The lowest BCUT2D eigenvalue weighted by Gasteiger charge is -2.13. The number of aromatic carboxylic acids is 1. The molecule has 0 atom stereocenters. The lowest BCUT2D eigenvalue weighted by molar-refractivity contribution is -0.139. The van der Waals surface area contributed by atoms with Crippen molar-refractivity contribution < 1.29 is 27.8 Å². The van der Waals surface area contributed by atoms with E-state index in [1.54, 1.807) is 6.07 Å². The fraction of sp³-hybridized carbons (Fsp3) is 0.133. The minimum Gasteiger partial charge on any atom is -0.488 e. The normalized spacial score (nSPS) is 11.2. The SMILES string of the molecule is O=C(O)c1cccc(COc2ccccc2C(F)(F)F)c1. The third-order valence-electron chi connectivity index (χ3n) is 2.76. The van der Waals surface area contributed by atoms with E-state index in [1.165, 1.54) is 36.4 Å². The molecule has 0 heterocycles. The van der Waals surface area contributed by atoms with Gasteiger partial charge >= 0.3 is 12.1 Å². The van der Waals surface area contributed by atoms with Crippen LogP contribution in [0.3, 0.4) is 0 Å². The molecule has 1 N–H and O–H groups in total. The number of ether oxygens (including phenoxy) is 1. The van der Waals surface area contributed by atoms with Gasteiger partial charge in [0.2, 0.25) is 0 Å². The number of para-hydroxylation sites is 1. The number of carboxylic acids is 1. The molecule has 6 heteroatoms. The highest BCUT2D eigenvalue weighted by atomic mass is 19.4. The van der Waals surface area contributed by atoms with Gasteiger partial charge < -0.3 is 9.84 Å². The zero-order chi connectivity index (χ0) is 15.5. The van der Waals surface area contributed by atoms with Crippen LogP contribution >= 0.6 is 0 Å². The minimum atomic E-state index is -4.50. The summed E-state index contributed by atoms with van der Waals surface area (Å²) in [5.74, 6) is -1.39. The Bertz CT molecular complexity index is 651. The van der Waals surface area contributed by atoms with Crippen molar-refractivity contribution in [2.45, 2.75) is 12.8 Å². The maximum absolute atomic E-state index is 12.8. The average Bonchev–Trinajstić information content (AvgIpc) is 2.45. The average molecular weight is 296 g/mol. The maximum Gasteiger partial charge on any atom is 0.419 e. The van der Waals surface area contributed by atoms with Crippen LogP contribution in [0.4, 0.5) is 13.2 Å². The van der Waals surface area contributed by atoms with Gasteiger partial charge in [-0.25, -0.2) is 4.79 Å². The third-order valence-corrected chi connectivity index (χ3v) is 2.76. The van der Waals surface area contributed by atoms with Crippen molar-refractivity contribution in [3.8, 4) is 5.75 Å². The first-order valence-corrected chi connectivity index (χ1v) is 5.99. The van der Waals surface area contributed by atoms with Crippen molar-refractivity contribution in [2.24, 2.45) is 0 Å². The van der Waals surface area contributed by atoms with Gasteiger partial charge in [-0.1, -0.05) is 24.3 Å². The Morgan fingerprint density at radius 3 is 2.48 bits per heavy atom. The van der Waals surface area contributed by atoms with Crippen molar-refractivity contribution in [2.75, 3.05) is 0 Å². The van der Waals surface area contributed by atoms with Gasteiger partial charge in [0, 0.05) is 0 Å². The zero-order valence-corrected chi connectivity index (χ0v) is 10.7. The molecule has 0 aliphatic carbocycles. The summed E-state index contributed by atoms with van der Waals surface area (Å²) in [6.07, 6.45) is -4.50. The lowest BCUT2D eigenvalue weighted by Crippen LogP contribution is -2.08. The molecule has 0 amide bonds. The highest BCUT2D eigenvalue weighted by molar-refractivity contribution is 5.87. The Labute approximate surface area is 118 Å². The summed E-state index contributed by atoms with van der Waals surface area (Å²) in [5.41, 5.74) is -0.327. The maximum atomic E-state index is 12.8. The van der Waals surface area contributed by atoms with Crippen molar-refractivity contribution in [3.05, 3.63) is 65.2 Å². The first-order chi connectivity index (χ1) is 9.88. The molecule has 0 aliphatic rings. The summed E-state index contributed by atoms with van der Waals surface area (Å²) in [5, 5.41) is 8.86. The fourth-order valence-electron chi connectivity index (χ4n) is 1.78. The van der Waals surface area contributed by atoms with Gasteiger partial charge in [0.25, 0.3) is 0 Å². The van der Waals surface area contributed by atoms with E-state index in [-0.39, 0.29) is 17.9 Å². The molecular weight excluding hydrogens is 285 g/mol. The van der Waals surface area contributed by atoms with Crippen LogP contribution in [0.5, 0.6) is 5.75 Å². The number of carbonyl (C=O) groups is 1. The Morgan fingerprint density at radius 2 is 1.81 bits per heavy atom. The van der Waals surface area contributed by atoms with Crippen molar-refractivity contribution >= 4 is 5.97 Å². The molecule has 3 nitrogen and oxygen atoms in total. The molecule has 21 heavy (non-hydrogen) atoms. The van der Waals surface area contributed by atoms with E-state index in [0.717, 1.165) is 6.07 Å². The van der Waals surface area contributed by atoms with Gasteiger partial charge in [0.1, 0.15) is 12.4 Å². The van der Waals surface area contributed by atoms with Gasteiger partial charge in [-0.2, -0.15) is 13.2 Å². The van der Waals surface area contributed by atoms with Crippen LogP contribution in [0.15, 0.2) is 48.5 Å². The van der Waals surface area contributed by atoms with E-state index in [4.69, 9.17) is 9.84 Å². The third kappa shape index (κ3) is 3.75. The van der Waals surface area contributed by atoms with Crippen LogP contribution < -0.4 is 4.74 Å². The number of rotatable bonds is 4. The molecule has 2 aromatic rings. The van der Waals surface area contributed by atoms with E-state index in [0.29, 0.717) is 5.56 Å². The van der Waals surface area contributed by atoms with E-state index < -0.39 is 17.7 Å². The number of hydrogen-bond donors (Lipinski definition) is 1. The highest BCUT2D eigenvalue weighted by Crippen LogP contribution is 2.36.